The van der Waals surface area contributed by atoms with Crippen LogP contribution in [0.5, 0.6) is 5.75 Å². The van der Waals surface area contributed by atoms with Gasteiger partial charge in [0.15, 0.2) is 12.4 Å². The van der Waals surface area contributed by atoms with Gasteiger partial charge in [-0.2, -0.15) is 4.98 Å². The number of rotatable bonds is 5. The van der Waals surface area contributed by atoms with Gasteiger partial charge in [-0.3, -0.25) is 0 Å². The van der Waals surface area contributed by atoms with Crippen LogP contribution in [0.15, 0.2) is 25.9 Å². The van der Waals surface area contributed by atoms with Gasteiger partial charge in [0.25, 0.3) is 5.89 Å². The van der Waals surface area contributed by atoms with E-state index in [2.05, 4.69) is 10.1 Å². The zero-order valence-electron chi connectivity index (χ0n) is 14.0. The van der Waals surface area contributed by atoms with Gasteiger partial charge in [-0.15, -0.1) is 0 Å². The lowest BCUT2D eigenvalue weighted by atomic mass is 10.0. The summed E-state index contributed by atoms with van der Waals surface area (Å²) in [7, 11) is 1.56. The van der Waals surface area contributed by atoms with Crippen molar-refractivity contribution in [3.8, 4) is 5.75 Å². The van der Waals surface area contributed by atoms with E-state index in [0.717, 1.165) is 16.5 Å². The summed E-state index contributed by atoms with van der Waals surface area (Å²) in [6.45, 7) is 5.91. The van der Waals surface area contributed by atoms with E-state index >= 15 is 0 Å². The van der Waals surface area contributed by atoms with Crippen LogP contribution in [0.1, 0.15) is 28.4 Å². The standard InChI is InChI=1S/C17H18N2O5/c1-9-5-12(22-8-15-18-14(7-21-4)19-24-15)16-10(2)11(3)17(20)23-13(16)6-9/h5-6H,7-8H2,1-4H3. The number of methoxy groups -OCH3 is 1. The molecule has 0 fully saturated rings. The maximum atomic E-state index is 11.9. The van der Waals surface area contributed by atoms with Crippen molar-refractivity contribution in [2.24, 2.45) is 0 Å². The van der Waals surface area contributed by atoms with Gasteiger partial charge >= 0.3 is 5.63 Å². The summed E-state index contributed by atoms with van der Waals surface area (Å²) < 4.78 is 21.3. The van der Waals surface area contributed by atoms with Crippen LogP contribution in [0.4, 0.5) is 0 Å². The van der Waals surface area contributed by atoms with E-state index in [9.17, 15) is 4.79 Å². The summed E-state index contributed by atoms with van der Waals surface area (Å²) in [5.74, 6) is 1.42. The van der Waals surface area contributed by atoms with Crippen molar-refractivity contribution in [1.29, 1.82) is 0 Å². The molecule has 7 heteroatoms. The zero-order valence-corrected chi connectivity index (χ0v) is 14.0. The second kappa shape index (κ2) is 6.45. The first-order chi connectivity index (χ1) is 11.5. The molecule has 3 rings (SSSR count). The van der Waals surface area contributed by atoms with Gasteiger partial charge < -0.3 is 18.4 Å². The third-order valence-electron chi connectivity index (χ3n) is 3.79. The molecule has 0 amide bonds. The number of hydrogen-bond acceptors (Lipinski definition) is 7. The van der Waals surface area contributed by atoms with Gasteiger partial charge in [0.05, 0.1) is 5.39 Å². The number of aromatic nitrogens is 2. The molecule has 0 aliphatic rings. The predicted molar refractivity (Wildman–Crippen MR) is 86.0 cm³/mol. The molecule has 0 saturated heterocycles. The number of aryl methyl sites for hydroxylation is 2. The third-order valence-corrected chi connectivity index (χ3v) is 3.79. The Balaban J connectivity index is 1.96. The highest BCUT2D eigenvalue weighted by molar-refractivity contribution is 5.88. The van der Waals surface area contributed by atoms with Gasteiger partial charge in [-0.1, -0.05) is 5.16 Å². The van der Waals surface area contributed by atoms with E-state index in [4.69, 9.17) is 18.4 Å². The van der Waals surface area contributed by atoms with Crippen LogP contribution < -0.4 is 10.4 Å². The fraction of sp³-hybridized carbons (Fsp3) is 0.353. The van der Waals surface area contributed by atoms with E-state index in [0.29, 0.717) is 28.6 Å². The average Bonchev–Trinajstić information content (AvgIpc) is 2.98. The Kier molecular flexibility index (Phi) is 4.35. The van der Waals surface area contributed by atoms with Crippen molar-refractivity contribution >= 4 is 11.0 Å². The SMILES string of the molecule is COCc1noc(COc2cc(C)cc3oc(=O)c(C)c(C)c23)n1. The molecule has 1 aromatic carbocycles. The lowest BCUT2D eigenvalue weighted by Gasteiger charge is -2.11. The molecule has 0 unspecified atom stereocenters. The van der Waals surface area contributed by atoms with Gasteiger partial charge in [0.1, 0.15) is 17.9 Å². The van der Waals surface area contributed by atoms with Crippen molar-refractivity contribution in [2.75, 3.05) is 7.11 Å². The van der Waals surface area contributed by atoms with Crippen LogP contribution in [0, 0.1) is 20.8 Å². The number of fused-ring (bicyclic) bond motifs is 1. The Labute approximate surface area is 138 Å². The molecular weight excluding hydrogens is 312 g/mol. The zero-order chi connectivity index (χ0) is 17.3. The second-order valence-electron chi connectivity index (χ2n) is 5.60. The minimum Gasteiger partial charge on any atom is -0.483 e. The summed E-state index contributed by atoms with van der Waals surface area (Å²) >= 11 is 0. The number of nitrogens with zero attached hydrogens (tertiary/aromatic N) is 2. The van der Waals surface area contributed by atoms with Crippen LogP contribution in [0.2, 0.25) is 0 Å². The van der Waals surface area contributed by atoms with E-state index in [1.165, 1.54) is 0 Å². The van der Waals surface area contributed by atoms with Crippen LogP contribution in [0.25, 0.3) is 11.0 Å². The highest BCUT2D eigenvalue weighted by Gasteiger charge is 2.15. The molecule has 0 aliphatic heterocycles. The van der Waals surface area contributed by atoms with Crippen LogP contribution in [-0.2, 0) is 18.0 Å². The van der Waals surface area contributed by atoms with Gasteiger partial charge in [0, 0.05) is 12.7 Å². The Bertz CT molecular complexity index is 942. The molecular formula is C17H18N2O5. The molecule has 0 radical (unpaired) electrons. The Morgan fingerprint density at radius 2 is 1.92 bits per heavy atom. The molecule has 2 heterocycles. The highest BCUT2D eigenvalue weighted by Crippen LogP contribution is 2.31. The largest absolute Gasteiger partial charge is 0.483 e. The highest BCUT2D eigenvalue weighted by atomic mass is 16.5. The lowest BCUT2D eigenvalue weighted by Crippen LogP contribution is -2.07. The summed E-state index contributed by atoms with van der Waals surface area (Å²) in [4.78, 5) is 16.0. The molecule has 7 nitrogen and oxygen atoms in total. The van der Waals surface area contributed by atoms with Crippen molar-refractivity contribution < 1.29 is 18.4 Å². The summed E-state index contributed by atoms with van der Waals surface area (Å²) in [5.41, 5.74) is 2.49. The van der Waals surface area contributed by atoms with Crippen LogP contribution in [-0.4, -0.2) is 17.3 Å². The molecule has 126 valence electrons. The molecule has 3 aromatic rings. The average molecular weight is 330 g/mol. The van der Waals surface area contributed by atoms with Crippen molar-refractivity contribution in [1.82, 2.24) is 10.1 Å². The topological polar surface area (TPSA) is 87.6 Å². The van der Waals surface area contributed by atoms with Crippen molar-refractivity contribution in [2.45, 2.75) is 34.0 Å². The van der Waals surface area contributed by atoms with E-state index < -0.39 is 0 Å². The molecule has 24 heavy (non-hydrogen) atoms. The van der Waals surface area contributed by atoms with Crippen LogP contribution in [0.3, 0.4) is 0 Å². The molecule has 0 spiro atoms. The molecule has 0 N–H and O–H groups in total. The van der Waals surface area contributed by atoms with E-state index in [-0.39, 0.29) is 18.8 Å². The minimum absolute atomic E-state index is 0.118. The summed E-state index contributed by atoms with van der Waals surface area (Å²) in [6.07, 6.45) is 0. The maximum Gasteiger partial charge on any atom is 0.339 e. The summed E-state index contributed by atoms with van der Waals surface area (Å²) in [5, 5.41) is 4.56. The maximum absolute atomic E-state index is 11.9. The number of hydrogen-bond donors (Lipinski definition) is 0. The third kappa shape index (κ3) is 3.03. The monoisotopic (exact) mass is 330 g/mol. The fourth-order valence-electron chi connectivity index (χ4n) is 2.48. The second-order valence-corrected chi connectivity index (χ2v) is 5.60. The normalized spacial score (nSPS) is 11.2. The van der Waals surface area contributed by atoms with Crippen molar-refractivity contribution in [3.05, 3.63) is 51.0 Å². The van der Waals surface area contributed by atoms with Gasteiger partial charge in [-0.25, -0.2) is 4.79 Å². The first-order valence-corrected chi connectivity index (χ1v) is 7.47. The van der Waals surface area contributed by atoms with Crippen LogP contribution >= 0.6 is 0 Å². The van der Waals surface area contributed by atoms with Gasteiger partial charge in [-0.05, 0) is 44.0 Å². The Morgan fingerprint density at radius 3 is 2.67 bits per heavy atom. The van der Waals surface area contributed by atoms with E-state index in [1.54, 1.807) is 14.0 Å². The van der Waals surface area contributed by atoms with Crippen molar-refractivity contribution in [3.63, 3.8) is 0 Å². The first-order valence-electron chi connectivity index (χ1n) is 7.47. The molecule has 0 saturated carbocycles. The quantitative estimate of drug-likeness (QED) is 0.665. The Morgan fingerprint density at radius 1 is 1.12 bits per heavy atom. The first kappa shape index (κ1) is 16.2. The Hall–Kier alpha value is -2.67. The fourth-order valence-corrected chi connectivity index (χ4v) is 2.48. The van der Waals surface area contributed by atoms with Gasteiger partial charge in [0.2, 0.25) is 0 Å². The minimum atomic E-state index is -0.336. The van der Waals surface area contributed by atoms with E-state index in [1.807, 2.05) is 26.0 Å². The summed E-state index contributed by atoms with van der Waals surface area (Å²) in [6, 6.07) is 3.71. The molecule has 0 atom stereocenters. The molecule has 2 aromatic heterocycles. The molecule has 0 aliphatic carbocycles. The number of ether oxygens (including phenoxy) is 2. The lowest BCUT2D eigenvalue weighted by molar-refractivity contribution is 0.174. The predicted octanol–water partition coefficient (Wildman–Crippen LogP) is 2.83. The smallest absolute Gasteiger partial charge is 0.339 e. The molecule has 0 bridgehead atoms. The number of benzene rings is 1.